The monoisotopic (exact) mass is 615 g/mol. The molecule has 0 saturated heterocycles. The van der Waals surface area contributed by atoms with Crippen LogP contribution in [0.3, 0.4) is 0 Å². The Morgan fingerprint density at radius 2 is 0.977 bits per heavy atom. The van der Waals surface area contributed by atoms with Crippen molar-refractivity contribution >= 4 is 5.78 Å². The van der Waals surface area contributed by atoms with Crippen molar-refractivity contribution in [3.63, 3.8) is 0 Å². The molecule has 0 saturated carbocycles. The highest BCUT2D eigenvalue weighted by Gasteiger charge is 2.10. The third-order valence-corrected chi connectivity index (χ3v) is 8.48. The molecule has 0 amide bonds. The number of ketones is 1. The predicted molar refractivity (Wildman–Crippen MR) is 199 cm³/mol. The van der Waals surface area contributed by atoms with Crippen LogP contribution in [0.2, 0.25) is 0 Å². The van der Waals surface area contributed by atoms with Crippen molar-refractivity contribution in [2.45, 2.75) is 202 Å². The zero-order valence-corrected chi connectivity index (χ0v) is 30.8. The standard InChI is InChI=1S/C21H40O.C21H38O/c2*1-5-6-7-8-9-10-11-12-13-17-21(22)18-20(4)16-14-15-19(2)3/h5,15,20-22H,1,6-14,16-18H2,2-4H3;5,15,20H,1,6-14,16-18H2,2-4H3. The van der Waals surface area contributed by atoms with E-state index in [9.17, 15) is 9.90 Å². The number of aliphatic hydroxyl groups is 1. The molecule has 2 nitrogen and oxygen atoms in total. The van der Waals surface area contributed by atoms with E-state index in [0.717, 1.165) is 64.2 Å². The van der Waals surface area contributed by atoms with Crippen molar-refractivity contribution in [2.24, 2.45) is 11.8 Å². The Morgan fingerprint density at radius 3 is 1.43 bits per heavy atom. The zero-order valence-electron chi connectivity index (χ0n) is 30.8. The summed E-state index contributed by atoms with van der Waals surface area (Å²) in [5.74, 6) is 1.64. The van der Waals surface area contributed by atoms with Crippen molar-refractivity contribution in [3.05, 3.63) is 48.6 Å². The van der Waals surface area contributed by atoms with Crippen molar-refractivity contribution in [2.75, 3.05) is 0 Å². The summed E-state index contributed by atoms with van der Waals surface area (Å²) in [6.07, 6.45) is 37.0. The van der Waals surface area contributed by atoms with Gasteiger partial charge in [0.25, 0.3) is 0 Å². The second-order valence-corrected chi connectivity index (χ2v) is 14.2. The van der Waals surface area contributed by atoms with E-state index in [2.05, 4.69) is 66.9 Å². The first kappa shape index (κ1) is 44.7. The first-order valence-electron chi connectivity index (χ1n) is 18.8. The van der Waals surface area contributed by atoms with Crippen LogP contribution in [0.15, 0.2) is 48.6 Å². The topological polar surface area (TPSA) is 37.3 Å². The normalized spacial score (nSPS) is 12.8. The first-order chi connectivity index (χ1) is 21.1. The van der Waals surface area contributed by atoms with Gasteiger partial charge in [0.2, 0.25) is 0 Å². The fourth-order valence-electron chi connectivity index (χ4n) is 5.65. The Labute approximate surface area is 277 Å². The van der Waals surface area contributed by atoms with Gasteiger partial charge in [0.15, 0.2) is 0 Å². The van der Waals surface area contributed by atoms with E-state index in [1.807, 2.05) is 12.2 Å². The van der Waals surface area contributed by atoms with Crippen LogP contribution in [0.4, 0.5) is 0 Å². The average Bonchev–Trinajstić information content (AvgIpc) is 2.95. The van der Waals surface area contributed by atoms with Gasteiger partial charge in [-0.25, -0.2) is 0 Å². The highest BCUT2D eigenvalue weighted by molar-refractivity contribution is 5.78. The maximum atomic E-state index is 11.9. The van der Waals surface area contributed by atoms with Gasteiger partial charge in [-0.2, -0.15) is 0 Å². The van der Waals surface area contributed by atoms with Gasteiger partial charge in [0, 0.05) is 12.8 Å². The fraction of sp³-hybridized carbons (Fsp3) is 0.786. The quantitative estimate of drug-likeness (QED) is 0.0645. The number of allylic oxidation sites excluding steroid dienone is 6. The lowest BCUT2D eigenvalue weighted by atomic mass is 9.95. The summed E-state index contributed by atoms with van der Waals surface area (Å²) >= 11 is 0. The molecule has 0 aromatic rings. The molecule has 0 aromatic heterocycles. The van der Waals surface area contributed by atoms with Crippen molar-refractivity contribution in [1.82, 2.24) is 0 Å². The smallest absolute Gasteiger partial charge is 0.133 e. The molecule has 44 heavy (non-hydrogen) atoms. The largest absolute Gasteiger partial charge is 0.393 e. The minimum atomic E-state index is -0.0886. The molecule has 0 aliphatic heterocycles. The summed E-state index contributed by atoms with van der Waals surface area (Å²) in [6, 6.07) is 0. The van der Waals surface area contributed by atoms with E-state index in [1.165, 1.54) is 101 Å². The number of carbonyl (C=O) groups excluding carboxylic acids is 1. The fourth-order valence-corrected chi connectivity index (χ4v) is 5.65. The van der Waals surface area contributed by atoms with Crippen LogP contribution in [0.1, 0.15) is 196 Å². The molecule has 0 bridgehead atoms. The van der Waals surface area contributed by atoms with Crippen LogP contribution in [0, 0.1) is 11.8 Å². The molecule has 3 unspecified atom stereocenters. The lowest BCUT2D eigenvalue weighted by Gasteiger charge is -2.15. The van der Waals surface area contributed by atoms with Crippen molar-refractivity contribution < 1.29 is 9.90 Å². The van der Waals surface area contributed by atoms with Gasteiger partial charge in [-0.05, 0) is 110 Å². The molecule has 0 aliphatic rings. The molecule has 0 aromatic carbocycles. The summed E-state index contributed by atoms with van der Waals surface area (Å²) in [6.45, 7) is 20.5. The Balaban J connectivity index is 0. The Hall–Kier alpha value is -1.41. The second-order valence-electron chi connectivity index (χ2n) is 14.2. The van der Waals surface area contributed by atoms with Crippen LogP contribution in [-0.4, -0.2) is 17.0 Å². The molecule has 0 fully saturated rings. The Bertz CT molecular complexity index is 707. The average molecular weight is 615 g/mol. The molecular weight excluding hydrogens is 536 g/mol. The molecule has 0 rings (SSSR count). The maximum absolute atomic E-state index is 11.9. The molecule has 258 valence electrons. The maximum Gasteiger partial charge on any atom is 0.133 e. The number of hydrogen-bond acceptors (Lipinski definition) is 2. The van der Waals surface area contributed by atoms with Crippen LogP contribution < -0.4 is 0 Å². The molecule has 0 aliphatic carbocycles. The highest BCUT2D eigenvalue weighted by atomic mass is 16.3. The summed E-state index contributed by atoms with van der Waals surface area (Å²) in [4.78, 5) is 11.9. The van der Waals surface area contributed by atoms with Crippen LogP contribution in [-0.2, 0) is 4.79 Å². The number of aliphatic hydroxyl groups excluding tert-OH is 1. The highest BCUT2D eigenvalue weighted by Crippen LogP contribution is 2.19. The molecule has 2 heteroatoms. The summed E-state index contributed by atoms with van der Waals surface area (Å²) in [5.41, 5.74) is 2.78. The van der Waals surface area contributed by atoms with Gasteiger partial charge in [-0.15, -0.1) is 13.2 Å². The SMILES string of the molecule is C=CCCCCCCCCCC(=O)CC(C)CCC=C(C)C.C=CCCCCCCCCCC(O)CC(C)CCC=C(C)C. The van der Waals surface area contributed by atoms with E-state index in [-0.39, 0.29) is 6.10 Å². The van der Waals surface area contributed by atoms with Crippen LogP contribution in [0.5, 0.6) is 0 Å². The molecule has 3 atom stereocenters. The van der Waals surface area contributed by atoms with Crippen molar-refractivity contribution in [3.8, 4) is 0 Å². The lowest BCUT2D eigenvalue weighted by molar-refractivity contribution is -0.120. The van der Waals surface area contributed by atoms with E-state index in [4.69, 9.17) is 0 Å². The molecule has 1 N–H and O–H groups in total. The van der Waals surface area contributed by atoms with E-state index in [0.29, 0.717) is 17.6 Å². The summed E-state index contributed by atoms with van der Waals surface area (Å²) in [5, 5.41) is 10.1. The molecular formula is C42H78O2. The van der Waals surface area contributed by atoms with Gasteiger partial charge in [-0.3, -0.25) is 4.79 Å². The lowest BCUT2D eigenvalue weighted by Crippen LogP contribution is -2.11. The van der Waals surface area contributed by atoms with Gasteiger partial charge in [0.05, 0.1) is 6.10 Å². The number of rotatable bonds is 30. The minimum absolute atomic E-state index is 0.0886. The Morgan fingerprint density at radius 1 is 0.568 bits per heavy atom. The molecule has 0 radical (unpaired) electrons. The van der Waals surface area contributed by atoms with Gasteiger partial charge < -0.3 is 5.11 Å². The first-order valence-corrected chi connectivity index (χ1v) is 18.8. The van der Waals surface area contributed by atoms with Gasteiger partial charge in [0.1, 0.15) is 5.78 Å². The van der Waals surface area contributed by atoms with Crippen molar-refractivity contribution in [1.29, 1.82) is 0 Å². The predicted octanol–water partition coefficient (Wildman–Crippen LogP) is 13.8. The van der Waals surface area contributed by atoms with E-state index >= 15 is 0 Å². The van der Waals surface area contributed by atoms with Crippen LogP contribution in [0.25, 0.3) is 0 Å². The zero-order chi connectivity index (χ0) is 33.3. The number of carbonyl (C=O) groups is 1. The summed E-state index contributed by atoms with van der Waals surface area (Å²) < 4.78 is 0. The van der Waals surface area contributed by atoms with E-state index in [1.54, 1.807) is 0 Å². The second kappa shape index (κ2) is 34.5. The third-order valence-electron chi connectivity index (χ3n) is 8.48. The molecule has 0 heterocycles. The summed E-state index contributed by atoms with van der Waals surface area (Å²) in [7, 11) is 0. The third kappa shape index (κ3) is 38.6. The number of Topliss-reactive ketones (excluding diaryl/α,β-unsaturated/α-hetero) is 1. The Kier molecular flexibility index (Phi) is 35.0. The number of unbranched alkanes of at least 4 members (excludes halogenated alkanes) is 14. The van der Waals surface area contributed by atoms with E-state index < -0.39 is 0 Å². The van der Waals surface area contributed by atoms with Crippen LogP contribution >= 0.6 is 0 Å². The minimum Gasteiger partial charge on any atom is -0.393 e. The molecule has 0 spiro atoms. The van der Waals surface area contributed by atoms with Gasteiger partial charge >= 0.3 is 0 Å². The number of hydrogen-bond donors (Lipinski definition) is 1. The van der Waals surface area contributed by atoms with Gasteiger partial charge in [-0.1, -0.05) is 120 Å².